The van der Waals surface area contributed by atoms with Crippen LogP contribution in [0.3, 0.4) is 0 Å². The number of nitrogens with one attached hydrogen (secondary N) is 4. The Balaban J connectivity index is 0.000000355. The normalized spacial score (nSPS) is 9.82. The van der Waals surface area contributed by atoms with E-state index < -0.39 is 23.3 Å². The summed E-state index contributed by atoms with van der Waals surface area (Å²) in [6, 6.07) is 41.1. The van der Waals surface area contributed by atoms with Gasteiger partial charge in [0, 0.05) is 43.2 Å². The van der Waals surface area contributed by atoms with Crippen molar-refractivity contribution >= 4 is 111 Å². The highest BCUT2D eigenvalue weighted by Gasteiger charge is 2.15. The van der Waals surface area contributed by atoms with Crippen LogP contribution in [0, 0.1) is 27.7 Å². The van der Waals surface area contributed by atoms with E-state index in [1.807, 2.05) is 74.6 Å². The summed E-state index contributed by atoms with van der Waals surface area (Å²) in [4.78, 5) is 78.4. The molecule has 5 N–H and O–H groups in total. The van der Waals surface area contributed by atoms with Gasteiger partial charge in [-0.3, -0.25) is 9.59 Å². The number of Topliss-reactive ketones (excluding diaryl/α,β-unsaturated/α-hetero) is 1. The highest BCUT2D eigenvalue weighted by molar-refractivity contribution is 7.54. The van der Waals surface area contributed by atoms with Crippen LogP contribution in [0.5, 0.6) is 0 Å². The molecule has 0 aliphatic carbocycles. The van der Waals surface area contributed by atoms with Crippen LogP contribution in [0.15, 0.2) is 152 Å². The van der Waals surface area contributed by atoms with E-state index >= 15 is 0 Å². The highest BCUT2D eigenvalue weighted by Crippen LogP contribution is 2.14. The summed E-state index contributed by atoms with van der Waals surface area (Å²) in [6.45, 7) is 14.6. The van der Waals surface area contributed by atoms with Crippen molar-refractivity contribution in [2.45, 2.75) is 87.0 Å². The lowest BCUT2D eigenvalue weighted by Gasteiger charge is -2.00. The average molecular weight is 1280 g/mol. The number of hydrogen-bond acceptors (Lipinski definition) is 9. The number of esters is 3. The molecule has 0 aliphatic rings. The maximum Gasteiger partial charge on any atom is 0.643 e. The number of carbonyl (C=O) groups excluding carboxylic acids is 5. The van der Waals surface area contributed by atoms with Gasteiger partial charge >= 0.3 is 35.3 Å². The van der Waals surface area contributed by atoms with E-state index in [0.29, 0.717) is 55.3 Å². The van der Waals surface area contributed by atoms with Gasteiger partial charge in [-0.05, 0) is 149 Å². The summed E-state index contributed by atoms with van der Waals surface area (Å²) in [5, 5.41) is 8.67. The number of aromatic amines is 4. The molecule has 14 nitrogen and oxygen atoms in total. The lowest BCUT2D eigenvalue weighted by Crippen LogP contribution is -2.05. The Morgan fingerprint density at radius 2 is 0.786 bits per heavy atom. The smallest absolute Gasteiger partial charge is 0.477 e. The quantitative estimate of drug-likeness (QED) is 0.0137. The number of aromatic carboxylic acids is 1. The number of H-pyrrole nitrogens is 4. The standard InChI is InChI=1S/C16H17NO3.C16H19NO2.C14H15NO2.C9H9ClO.C7H9NO2.CH2Cl2.Al.3ClH/c1-3-20-16(19)14-9-13(10-17-14)15(18)8-12-6-4-11(2)5-7-12;1-3-19-16(18)15-10-14(11-17-15)9-8-13-6-4-12(2)5-7-13;1-10-2-4-11(5-3-10)6-7-12-8-13(14(16)17)15-9-12;1-7-2-4-8(5-3-7)6-9(10)11;1-2-10-7(9)6-4-3-5-8-6;2-1-3;;;;/h4-7,9-10,17H,3,8H2,1-2H3;4-7,10-11,17H,3,8-9H2,1-2H3;2-5,8-9,15H,6-7H2,1H3,(H,16,17);2-5H,6H2,1H3;3-5,8H,2H2,1H3;1H2;;3*1H/q;;;;;;+3;;;/p-3. The third-order valence-corrected chi connectivity index (χ3v) is 11.5. The minimum atomic E-state index is -1.72. The van der Waals surface area contributed by atoms with Crippen molar-refractivity contribution in [2.75, 3.05) is 25.2 Å². The van der Waals surface area contributed by atoms with Gasteiger partial charge in [0.05, 0.1) is 25.2 Å². The van der Waals surface area contributed by atoms with Gasteiger partial charge in [0.25, 0.3) is 0 Å². The number of aryl methyl sites for hydroxylation is 8. The van der Waals surface area contributed by atoms with Gasteiger partial charge in [0.1, 0.15) is 22.8 Å². The summed E-state index contributed by atoms with van der Waals surface area (Å²) in [5.74, 6) is -1.97. The molecule has 4 aromatic heterocycles. The number of benzene rings is 4. The van der Waals surface area contributed by atoms with Gasteiger partial charge in [-0.2, -0.15) is 0 Å². The molecule has 0 bridgehead atoms. The fourth-order valence-electron chi connectivity index (χ4n) is 7.11. The molecule has 0 radical (unpaired) electrons. The Kier molecular flexibility index (Phi) is 37.1. The van der Waals surface area contributed by atoms with E-state index in [1.165, 1.54) is 33.9 Å². The van der Waals surface area contributed by atoms with E-state index in [0.717, 1.165) is 53.5 Å². The molecule has 0 saturated heterocycles. The Morgan fingerprint density at radius 3 is 1.14 bits per heavy atom. The van der Waals surface area contributed by atoms with Crippen LogP contribution < -0.4 is 0 Å². The molecule has 0 saturated carbocycles. The molecule has 0 atom stereocenters. The number of carbonyl (C=O) groups is 6. The third kappa shape index (κ3) is 32.0. The van der Waals surface area contributed by atoms with Gasteiger partial charge in [0.15, 0.2) is 5.78 Å². The number of alkyl halides is 2. The first-order chi connectivity index (χ1) is 40.1. The van der Waals surface area contributed by atoms with Crippen LogP contribution in [0.2, 0.25) is 0 Å². The van der Waals surface area contributed by atoms with Crippen LogP contribution in [-0.4, -0.2) is 96.5 Å². The van der Waals surface area contributed by atoms with Crippen LogP contribution in [-0.2, 0) is 57.5 Å². The van der Waals surface area contributed by atoms with Crippen LogP contribution >= 0.6 is 65.0 Å². The second-order valence-corrected chi connectivity index (χ2v) is 25.8. The Labute approximate surface area is 523 Å². The van der Waals surface area contributed by atoms with E-state index in [1.54, 1.807) is 57.6 Å². The average Bonchev–Trinajstić information content (AvgIpc) is 4.35. The lowest BCUT2D eigenvalue weighted by atomic mass is 10.0. The van der Waals surface area contributed by atoms with Crippen LogP contribution in [0.4, 0.5) is 0 Å². The Morgan fingerprint density at radius 1 is 0.452 bits per heavy atom. The molecule has 0 fully saturated rings. The summed E-state index contributed by atoms with van der Waals surface area (Å²) in [6.07, 6.45) is 11.2. The fourth-order valence-corrected chi connectivity index (χ4v) is 7.27. The van der Waals surface area contributed by atoms with E-state index in [-0.39, 0.29) is 34.0 Å². The summed E-state index contributed by atoms with van der Waals surface area (Å²) in [5.41, 5.74) is 13.6. The zero-order valence-corrected chi connectivity index (χ0v) is 53.7. The van der Waals surface area contributed by atoms with Crippen molar-refractivity contribution < 1.29 is 48.1 Å². The first-order valence-corrected chi connectivity index (χ1v) is 33.2. The number of hydrogen-bond donors (Lipinski definition) is 5. The summed E-state index contributed by atoms with van der Waals surface area (Å²) >= 11 is 13.0. The summed E-state index contributed by atoms with van der Waals surface area (Å²) in [7, 11) is 14.8. The van der Waals surface area contributed by atoms with Crippen molar-refractivity contribution in [1.29, 1.82) is 0 Å². The number of ketones is 1. The predicted molar refractivity (Wildman–Crippen MR) is 340 cm³/mol. The van der Waals surface area contributed by atoms with Gasteiger partial charge in [-0.25, -0.2) is 49.3 Å². The van der Waals surface area contributed by atoms with Gasteiger partial charge in [-0.15, -0.1) is 23.2 Å². The minimum Gasteiger partial charge on any atom is -0.477 e. The number of halogens is 6. The number of carboxylic acids is 1. The maximum absolute atomic E-state index is 12.1. The highest BCUT2D eigenvalue weighted by atomic mass is 35.8. The topological polar surface area (TPSA) is 213 Å². The molecule has 4 heterocycles. The van der Waals surface area contributed by atoms with E-state index in [9.17, 15) is 28.8 Å². The molecule has 8 rings (SSSR count). The molecule has 0 aliphatic heterocycles. The maximum atomic E-state index is 12.1. The Bertz CT molecular complexity index is 3160. The van der Waals surface area contributed by atoms with Crippen LogP contribution in [0.25, 0.3) is 0 Å². The lowest BCUT2D eigenvalue weighted by molar-refractivity contribution is -0.111. The number of carboxylic acid groups (broad SMARTS) is 1. The van der Waals surface area contributed by atoms with Gasteiger partial charge < -0.3 is 39.3 Å². The molecule has 0 unspecified atom stereocenters. The molecule has 0 spiro atoms. The zero-order chi connectivity index (χ0) is 62.4. The molecular weight excluding hydrogens is 1210 g/mol. The predicted octanol–water partition coefficient (Wildman–Crippen LogP) is 15.6. The molecule has 0 amide bonds. The third-order valence-electron chi connectivity index (χ3n) is 11.4. The van der Waals surface area contributed by atoms with E-state index in [2.05, 4.69) is 82.3 Å². The number of aromatic nitrogens is 4. The molecule has 4 aromatic carbocycles. The Hall–Kier alpha value is -6.51. The molecule has 448 valence electrons. The first-order valence-electron chi connectivity index (χ1n) is 26.5. The van der Waals surface area contributed by atoms with Crippen molar-refractivity contribution in [1.82, 2.24) is 19.9 Å². The van der Waals surface area contributed by atoms with Gasteiger partial charge in [0.2, 0.25) is 5.24 Å². The second-order valence-electron chi connectivity index (χ2n) is 18.1. The van der Waals surface area contributed by atoms with Crippen molar-refractivity contribution in [3.05, 3.63) is 236 Å². The molecule has 8 aromatic rings. The van der Waals surface area contributed by atoms with Crippen LogP contribution in [0.1, 0.15) is 129 Å². The minimum absolute atomic E-state index is 0.0272. The largest absolute Gasteiger partial charge is 0.643 e. The SMILES string of the molecule is CCOC(=O)c1cc(C(=O)Cc2ccc(C)cc2)c[nH]1.CCOC(=O)c1cc(CCc2ccc(C)cc2)c[nH]1.CCOC(=O)c1ccc[nH]1.Cc1ccc(CC(=O)Cl)cc1.Cc1ccc(CCc2c[nH]c(C(=O)O)c2)cc1.ClCCl.[Cl][Al]([Cl])[Cl]. The fraction of sp³-hybridized carbons (Fsp3) is 0.270. The molecule has 21 heteroatoms. The second kappa shape index (κ2) is 42.3. The van der Waals surface area contributed by atoms with Crippen molar-refractivity contribution in [2.24, 2.45) is 0 Å². The monoisotopic (exact) mass is 1280 g/mol. The van der Waals surface area contributed by atoms with Crippen molar-refractivity contribution in [3.8, 4) is 0 Å². The first kappa shape index (κ1) is 73.6. The molecular formula is C63H71AlCl6N4O10. The van der Waals surface area contributed by atoms with Gasteiger partial charge in [-0.1, -0.05) is 119 Å². The number of ether oxygens (including phenoxy) is 3. The number of rotatable bonds is 18. The summed E-state index contributed by atoms with van der Waals surface area (Å²) < 4.78 is 14.5. The zero-order valence-electron chi connectivity index (χ0n) is 48.0. The van der Waals surface area contributed by atoms with E-state index in [4.69, 9.17) is 84.3 Å². The van der Waals surface area contributed by atoms with Crippen molar-refractivity contribution in [3.63, 3.8) is 0 Å². The molecule has 84 heavy (non-hydrogen) atoms.